The summed E-state index contributed by atoms with van der Waals surface area (Å²) >= 11 is 1.52. The fourth-order valence-electron chi connectivity index (χ4n) is 5.66. The molecule has 4 aromatic rings. The Bertz CT molecular complexity index is 1690. The molecule has 0 saturated carbocycles. The average molecular weight is 669 g/mol. The zero-order valence-electron chi connectivity index (χ0n) is 26.3. The molecule has 2 aliphatic rings. The second-order valence-electron chi connectivity index (χ2n) is 11.7. The lowest BCUT2D eigenvalue weighted by Crippen LogP contribution is -2.41. The van der Waals surface area contributed by atoms with E-state index < -0.39 is 24.3 Å². The van der Waals surface area contributed by atoms with E-state index in [1.807, 2.05) is 78.9 Å². The molecular formula is C36H36N4O7S. The van der Waals surface area contributed by atoms with Crippen LogP contribution in [0.1, 0.15) is 53.6 Å². The highest BCUT2D eigenvalue weighted by Gasteiger charge is 2.40. The molecule has 11 nitrogen and oxygen atoms in total. The molecule has 0 spiro atoms. The number of nitrogens with zero attached hydrogens (tertiary/aromatic N) is 3. The number of thioether (sulfide) groups is 1. The SMILES string of the molecule is CC1C(CSc2ncccn2)OC(c2ccc(CN3C(=O)CC(NC(=O)OCc4ccccc4)C3=O)cc2)OC1c1ccc(CO)cc1. The van der Waals surface area contributed by atoms with Crippen LogP contribution in [0.15, 0.2) is 102 Å². The number of imide groups is 1. The Hall–Kier alpha value is -4.62. The average Bonchev–Trinajstić information content (AvgIpc) is 3.38. The second kappa shape index (κ2) is 15.5. The number of hydrogen-bond acceptors (Lipinski definition) is 10. The molecule has 12 heteroatoms. The summed E-state index contributed by atoms with van der Waals surface area (Å²) < 4.78 is 18.3. The number of amides is 3. The van der Waals surface area contributed by atoms with Crippen LogP contribution in [0.5, 0.6) is 0 Å². The topological polar surface area (TPSA) is 140 Å². The Kier molecular flexibility index (Phi) is 10.8. The van der Waals surface area contributed by atoms with Gasteiger partial charge in [0.05, 0.1) is 31.8 Å². The van der Waals surface area contributed by atoms with Crippen LogP contribution in [0, 0.1) is 5.92 Å². The number of carbonyl (C=O) groups is 3. The van der Waals surface area contributed by atoms with E-state index in [-0.39, 0.29) is 50.2 Å². The van der Waals surface area contributed by atoms with Crippen molar-refractivity contribution >= 4 is 29.7 Å². The molecule has 5 atom stereocenters. The molecule has 3 heterocycles. The lowest BCUT2D eigenvalue weighted by atomic mass is 9.91. The molecule has 0 aliphatic carbocycles. The van der Waals surface area contributed by atoms with Gasteiger partial charge in [0.1, 0.15) is 12.6 Å². The third kappa shape index (κ3) is 8.08. The summed E-state index contributed by atoms with van der Waals surface area (Å²) in [7, 11) is 0. The summed E-state index contributed by atoms with van der Waals surface area (Å²) in [6, 6.07) is 25.1. The highest BCUT2D eigenvalue weighted by Crippen LogP contribution is 2.42. The monoisotopic (exact) mass is 668 g/mol. The Morgan fingerprint density at radius 3 is 2.31 bits per heavy atom. The number of rotatable bonds is 11. The number of ether oxygens (including phenoxy) is 3. The number of alkyl carbamates (subject to hydrolysis) is 1. The van der Waals surface area contributed by atoms with Crippen LogP contribution >= 0.6 is 11.8 Å². The first-order chi connectivity index (χ1) is 23.4. The Morgan fingerprint density at radius 2 is 1.60 bits per heavy atom. The number of aliphatic hydroxyl groups is 1. The van der Waals surface area contributed by atoms with E-state index in [4.69, 9.17) is 14.2 Å². The van der Waals surface area contributed by atoms with Crippen LogP contribution in [0.2, 0.25) is 0 Å². The van der Waals surface area contributed by atoms with Crippen molar-refractivity contribution in [3.63, 3.8) is 0 Å². The predicted molar refractivity (Wildman–Crippen MR) is 176 cm³/mol. The summed E-state index contributed by atoms with van der Waals surface area (Å²) in [6.07, 6.45) is 1.39. The Labute approximate surface area is 282 Å². The van der Waals surface area contributed by atoms with Crippen LogP contribution in [-0.2, 0) is 43.6 Å². The molecule has 0 radical (unpaired) electrons. The third-order valence-electron chi connectivity index (χ3n) is 8.38. The van der Waals surface area contributed by atoms with Crippen molar-refractivity contribution in [2.24, 2.45) is 5.92 Å². The number of benzene rings is 3. The molecule has 2 fully saturated rings. The van der Waals surface area contributed by atoms with Gasteiger partial charge in [0.25, 0.3) is 5.91 Å². The van der Waals surface area contributed by atoms with Gasteiger partial charge >= 0.3 is 6.09 Å². The lowest BCUT2D eigenvalue weighted by molar-refractivity contribution is -0.268. The Morgan fingerprint density at radius 1 is 0.917 bits per heavy atom. The van der Waals surface area contributed by atoms with E-state index >= 15 is 0 Å². The molecule has 3 aromatic carbocycles. The van der Waals surface area contributed by atoms with Gasteiger partial charge in [0.15, 0.2) is 11.4 Å². The molecule has 48 heavy (non-hydrogen) atoms. The number of aliphatic hydroxyl groups excluding tert-OH is 1. The van der Waals surface area contributed by atoms with E-state index in [2.05, 4.69) is 22.2 Å². The van der Waals surface area contributed by atoms with Crippen molar-refractivity contribution in [1.29, 1.82) is 0 Å². The molecule has 1 aromatic heterocycles. The number of carbonyl (C=O) groups excluding carboxylic acids is 3. The second-order valence-corrected chi connectivity index (χ2v) is 12.7. The summed E-state index contributed by atoms with van der Waals surface area (Å²) in [5.41, 5.74) is 4.14. The highest BCUT2D eigenvalue weighted by atomic mass is 32.2. The molecule has 6 rings (SSSR count). The van der Waals surface area contributed by atoms with E-state index in [0.29, 0.717) is 10.9 Å². The minimum atomic E-state index is -0.981. The fourth-order valence-corrected chi connectivity index (χ4v) is 6.62. The third-order valence-corrected chi connectivity index (χ3v) is 9.35. The van der Waals surface area contributed by atoms with Crippen LogP contribution in [0.25, 0.3) is 0 Å². The van der Waals surface area contributed by atoms with Crippen molar-refractivity contribution < 1.29 is 33.7 Å². The summed E-state index contributed by atoms with van der Waals surface area (Å²) in [5.74, 6) is -0.238. The van der Waals surface area contributed by atoms with Crippen LogP contribution in [0.3, 0.4) is 0 Å². The molecular weight excluding hydrogens is 632 g/mol. The molecule has 2 N–H and O–H groups in total. The van der Waals surface area contributed by atoms with Gasteiger partial charge in [-0.25, -0.2) is 14.8 Å². The van der Waals surface area contributed by atoms with Crippen molar-refractivity contribution in [3.05, 3.63) is 125 Å². The van der Waals surface area contributed by atoms with Crippen LogP contribution in [-0.4, -0.2) is 55.8 Å². The quantitative estimate of drug-likeness (QED) is 0.126. The van der Waals surface area contributed by atoms with Crippen LogP contribution < -0.4 is 5.32 Å². The van der Waals surface area contributed by atoms with Gasteiger partial charge in [-0.15, -0.1) is 0 Å². The maximum Gasteiger partial charge on any atom is 0.408 e. The predicted octanol–water partition coefficient (Wildman–Crippen LogP) is 5.11. The van der Waals surface area contributed by atoms with Crippen molar-refractivity contribution in [2.45, 2.75) is 62.8 Å². The first-order valence-corrected chi connectivity index (χ1v) is 16.7. The Balaban J connectivity index is 1.10. The van der Waals surface area contributed by atoms with Crippen molar-refractivity contribution in [3.8, 4) is 0 Å². The first-order valence-electron chi connectivity index (χ1n) is 15.7. The summed E-state index contributed by atoms with van der Waals surface area (Å²) in [5, 5.41) is 12.7. The number of hydrogen-bond donors (Lipinski definition) is 2. The fraction of sp³-hybridized carbons (Fsp3) is 0.306. The van der Waals surface area contributed by atoms with E-state index in [9.17, 15) is 19.5 Å². The van der Waals surface area contributed by atoms with Gasteiger partial charge in [0.2, 0.25) is 5.91 Å². The summed E-state index contributed by atoms with van der Waals surface area (Å²) in [4.78, 5) is 47.9. The first kappa shape index (κ1) is 33.3. The highest BCUT2D eigenvalue weighted by molar-refractivity contribution is 7.99. The molecule has 0 bridgehead atoms. The lowest BCUT2D eigenvalue weighted by Gasteiger charge is -2.41. The number of aromatic nitrogens is 2. The van der Waals surface area contributed by atoms with Gasteiger partial charge in [-0.2, -0.15) is 0 Å². The van der Waals surface area contributed by atoms with Gasteiger partial charge in [-0.1, -0.05) is 97.5 Å². The zero-order valence-corrected chi connectivity index (χ0v) is 27.1. The molecule has 3 amide bonds. The van der Waals surface area contributed by atoms with Gasteiger partial charge in [-0.3, -0.25) is 14.5 Å². The molecule has 5 unspecified atom stereocenters. The minimum absolute atomic E-state index is 0.000999. The minimum Gasteiger partial charge on any atom is -0.445 e. The van der Waals surface area contributed by atoms with Crippen molar-refractivity contribution in [1.82, 2.24) is 20.2 Å². The molecule has 2 aliphatic heterocycles. The molecule has 2 saturated heterocycles. The maximum absolute atomic E-state index is 13.1. The maximum atomic E-state index is 13.1. The number of nitrogens with one attached hydrogen (secondary N) is 1. The number of likely N-dealkylation sites (tertiary alicyclic amines) is 1. The van der Waals surface area contributed by atoms with Crippen LogP contribution in [0.4, 0.5) is 4.79 Å². The van der Waals surface area contributed by atoms with Gasteiger partial charge in [0, 0.05) is 29.6 Å². The zero-order chi connectivity index (χ0) is 33.5. The standard InChI is InChI=1S/C36H36N4O7S/c1-23-30(22-48-35-37-16-5-17-38-35)46-34(47-32(23)27-12-10-25(20-41)11-13-27)28-14-8-24(9-15-28)19-40-31(42)18-29(33(40)43)39-36(44)45-21-26-6-3-2-4-7-26/h2-17,23,29-30,32,34,41H,18-22H2,1H3,(H,39,44). The van der Waals surface area contributed by atoms with E-state index in [1.165, 1.54) is 11.8 Å². The van der Waals surface area contributed by atoms with E-state index in [0.717, 1.165) is 32.7 Å². The van der Waals surface area contributed by atoms with Gasteiger partial charge in [-0.05, 0) is 28.3 Å². The summed E-state index contributed by atoms with van der Waals surface area (Å²) in [6.45, 7) is 2.18. The van der Waals surface area contributed by atoms with Gasteiger partial charge < -0.3 is 24.6 Å². The van der Waals surface area contributed by atoms with Crippen molar-refractivity contribution in [2.75, 3.05) is 5.75 Å². The normalized spacial score (nSPS) is 22.5. The smallest absolute Gasteiger partial charge is 0.408 e. The largest absolute Gasteiger partial charge is 0.445 e. The van der Waals surface area contributed by atoms with E-state index in [1.54, 1.807) is 18.5 Å². The molecule has 248 valence electrons.